The third-order valence-corrected chi connectivity index (χ3v) is 4.85. The summed E-state index contributed by atoms with van der Waals surface area (Å²) in [5, 5.41) is 0.420. The van der Waals surface area contributed by atoms with Crippen molar-refractivity contribution >= 4 is 17.2 Å². The molecule has 5 nitrogen and oxygen atoms in total. The van der Waals surface area contributed by atoms with Gasteiger partial charge in [-0.15, -0.1) is 11.3 Å². The van der Waals surface area contributed by atoms with Crippen LogP contribution < -0.4 is 5.73 Å². The molecule has 0 bridgehead atoms. The van der Waals surface area contributed by atoms with E-state index in [-0.39, 0.29) is 0 Å². The van der Waals surface area contributed by atoms with Gasteiger partial charge in [0.05, 0.1) is 5.69 Å². The molecule has 0 aliphatic carbocycles. The Morgan fingerprint density at radius 3 is 2.50 bits per heavy atom. The lowest BCUT2D eigenvalue weighted by Gasteiger charge is -2.36. The molecule has 1 fully saturated rings. The minimum Gasteiger partial charge on any atom is -0.364 e. The second-order valence-electron chi connectivity index (χ2n) is 4.85. The first-order valence-corrected chi connectivity index (χ1v) is 7.00. The van der Waals surface area contributed by atoms with Gasteiger partial charge < -0.3 is 10.6 Å². The molecule has 1 saturated heterocycles. The number of likely N-dealkylation sites (N-methyl/N-ethyl adjacent to an activating group) is 1. The topological polar surface area (TPSA) is 62.5 Å². The third-order valence-electron chi connectivity index (χ3n) is 3.51. The van der Waals surface area contributed by atoms with Gasteiger partial charge in [0.1, 0.15) is 0 Å². The van der Waals surface area contributed by atoms with Gasteiger partial charge >= 0.3 is 0 Å². The molecular formula is C12H20N4OS. The van der Waals surface area contributed by atoms with E-state index in [9.17, 15) is 4.79 Å². The summed E-state index contributed by atoms with van der Waals surface area (Å²) < 4.78 is 0. The molecule has 1 unspecified atom stereocenters. The number of amides is 1. The molecule has 1 atom stereocenters. The van der Waals surface area contributed by atoms with Crippen LogP contribution in [0.1, 0.15) is 33.3 Å². The first-order chi connectivity index (χ1) is 8.49. The third kappa shape index (κ3) is 2.71. The van der Waals surface area contributed by atoms with Gasteiger partial charge in [-0.3, -0.25) is 9.69 Å². The maximum Gasteiger partial charge on any atom is 0.277 e. The normalized spacial score (nSPS) is 19.9. The number of hydrogen-bond donors (Lipinski definition) is 1. The van der Waals surface area contributed by atoms with Crippen LogP contribution in [-0.2, 0) is 0 Å². The smallest absolute Gasteiger partial charge is 0.277 e. The van der Waals surface area contributed by atoms with Crippen LogP contribution in [0.5, 0.6) is 0 Å². The average molecular weight is 268 g/mol. The van der Waals surface area contributed by atoms with Gasteiger partial charge in [0.25, 0.3) is 5.91 Å². The Morgan fingerprint density at radius 2 is 2.00 bits per heavy atom. The molecule has 0 spiro atoms. The molecule has 1 aliphatic rings. The molecule has 1 aliphatic heterocycles. The van der Waals surface area contributed by atoms with Crippen LogP contribution in [-0.4, -0.2) is 53.9 Å². The zero-order valence-corrected chi connectivity index (χ0v) is 12.0. The summed E-state index contributed by atoms with van der Waals surface area (Å²) in [7, 11) is 2.14. The Kier molecular flexibility index (Phi) is 3.99. The van der Waals surface area contributed by atoms with E-state index in [4.69, 9.17) is 5.73 Å². The fourth-order valence-corrected chi connectivity index (χ4v) is 3.28. The van der Waals surface area contributed by atoms with E-state index in [1.54, 1.807) is 0 Å². The molecule has 2 N–H and O–H groups in total. The molecule has 100 valence electrons. The van der Waals surface area contributed by atoms with Crippen molar-refractivity contribution in [3.05, 3.63) is 15.6 Å². The Morgan fingerprint density at radius 1 is 1.39 bits per heavy atom. The van der Waals surface area contributed by atoms with E-state index in [0.717, 1.165) is 36.8 Å². The van der Waals surface area contributed by atoms with Crippen molar-refractivity contribution in [2.75, 3.05) is 33.2 Å². The van der Waals surface area contributed by atoms with Crippen molar-refractivity contribution in [1.82, 2.24) is 14.8 Å². The Bertz CT molecular complexity index is 437. The van der Waals surface area contributed by atoms with Gasteiger partial charge in [-0.2, -0.15) is 0 Å². The number of aromatic nitrogens is 1. The lowest BCUT2D eigenvalue weighted by molar-refractivity contribution is 0.1000. The quantitative estimate of drug-likeness (QED) is 0.883. The number of thiazole rings is 1. The van der Waals surface area contributed by atoms with Crippen LogP contribution in [0.4, 0.5) is 0 Å². The highest BCUT2D eigenvalue weighted by atomic mass is 32.1. The van der Waals surface area contributed by atoms with Gasteiger partial charge in [0.15, 0.2) is 5.01 Å². The van der Waals surface area contributed by atoms with Crippen molar-refractivity contribution < 1.29 is 4.79 Å². The zero-order chi connectivity index (χ0) is 13.3. The molecule has 1 aromatic heterocycles. The molecular weight excluding hydrogens is 248 g/mol. The first-order valence-electron chi connectivity index (χ1n) is 6.18. The summed E-state index contributed by atoms with van der Waals surface area (Å²) in [4.78, 5) is 21.3. The van der Waals surface area contributed by atoms with E-state index in [1.165, 1.54) is 11.3 Å². The lowest BCUT2D eigenvalue weighted by Crippen LogP contribution is -2.45. The summed E-state index contributed by atoms with van der Waals surface area (Å²) in [6, 6.07) is 0.310. The molecule has 6 heteroatoms. The van der Waals surface area contributed by atoms with Crippen LogP contribution in [0.2, 0.25) is 0 Å². The van der Waals surface area contributed by atoms with Gasteiger partial charge in [0.2, 0.25) is 0 Å². The minimum absolute atomic E-state index is 0.310. The lowest BCUT2D eigenvalue weighted by atomic mass is 10.2. The van der Waals surface area contributed by atoms with Crippen molar-refractivity contribution in [1.29, 1.82) is 0 Å². The largest absolute Gasteiger partial charge is 0.364 e. The summed E-state index contributed by atoms with van der Waals surface area (Å²) in [5.41, 5.74) is 6.21. The number of carbonyl (C=O) groups excluding carboxylic acids is 1. The van der Waals surface area contributed by atoms with Crippen molar-refractivity contribution in [3.63, 3.8) is 0 Å². The van der Waals surface area contributed by atoms with Gasteiger partial charge in [-0.1, -0.05) is 0 Å². The predicted molar refractivity (Wildman–Crippen MR) is 72.9 cm³/mol. The number of nitrogens with zero attached hydrogens (tertiary/aromatic N) is 3. The molecule has 2 heterocycles. The summed E-state index contributed by atoms with van der Waals surface area (Å²) >= 11 is 1.43. The monoisotopic (exact) mass is 268 g/mol. The standard InChI is InChI=1S/C12H20N4OS/c1-8-10(18-12(14-8)11(13)17)9(2)16-6-4-15(3)5-7-16/h9H,4-7H2,1-3H3,(H2,13,17). The number of nitrogens with two attached hydrogens (primary N) is 1. The van der Waals surface area contributed by atoms with E-state index >= 15 is 0 Å². The van der Waals surface area contributed by atoms with Crippen molar-refractivity contribution in [2.45, 2.75) is 19.9 Å². The number of piperazine rings is 1. The van der Waals surface area contributed by atoms with Gasteiger partial charge in [-0.25, -0.2) is 4.98 Å². The van der Waals surface area contributed by atoms with Crippen LogP contribution in [0.3, 0.4) is 0 Å². The maximum absolute atomic E-state index is 11.2. The van der Waals surface area contributed by atoms with Crippen LogP contribution >= 0.6 is 11.3 Å². The number of primary amides is 1. The molecule has 2 rings (SSSR count). The zero-order valence-electron chi connectivity index (χ0n) is 11.1. The SMILES string of the molecule is Cc1nc(C(N)=O)sc1C(C)N1CCN(C)CC1. The maximum atomic E-state index is 11.2. The highest BCUT2D eigenvalue weighted by molar-refractivity contribution is 7.13. The molecule has 0 aromatic carbocycles. The second-order valence-corrected chi connectivity index (χ2v) is 5.88. The minimum atomic E-state index is -0.431. The Hall–Kier alpha value is -0.980. The molecule has 0 saturated carbocycles. The van der Waals surface area contributed by atoms with E-state index in [0.29, 0.717) is 11.0 Å². The van der Waals surface area contributed by atoms with E-state index < -0.39 is 5.91 Å². The number of aryl methyl sites for hydroxylation is 1. The van der Waals surface area contributed by atoms with Crippen LogP contribution in [0.15, 0.2) is 0 Å². The van der Waals surface area contributed by atoms with E-state index in [1.807, 2.05) is 6.92 Å². The van der Waals surface area contributed by atoms with E-state index in [2.05, 4.69) is 28.8 Å². The first kappa shape index (κ1) is 13.5. The van der Waals surface area contributed by atoms with Crippen LogP contribution in [0.25, 0.3) is 0 Å². The Balaban J connectivity index is 2.13. The Labute approximate surface area is 112 Å². The summed E-state index contributed by atoms with van der Waals surface area (Å²) in [5.74, 6) is -0.431. The molecule has 1 aromatic rings. The fourth-order valence-electron chi connectivity index (χ4n) is 2.28. The molecule has 1 amide bonds. The summed E-state index contributed by atoms with van der Waals surface area (Å²) in [6.45, 7) is 8.42. The fraction of sp³-hybridized carbons (Fsp3) is 0.667. The van der Waals surface area contributed by atoms with Crippen LogP contribution in [0, 0.1) is 6.92 Å². The highest BCUT2D eigenvalue weighted by Gasteiger charge is 2.24. The predicted octanol–water partition coefficient (Wildman–Crippen LogP) is 0.859. The molecule has 0 radical (unpaired) electrons. The summed E-state index contributed by atoms with van der Waals surface area (Å²) in [6.07, 6.45) is 0. The van der Waals surface area contributed by atoms with Gasteiger partial charge in [-0.05, 0) is 20.9 Å². The van der Waals surface area contributed by atoms with Gasteiger partial charge in [0, 0.05) is 37.1 Å². The second kappa shape index (κ2) is 5.34. The number of rotatable bonds is 3. The number of hydrogen-bond acceptors (Lipinski definition) is 5. The number of carbonyl (C=O) groups is 1. The highest BCUT2D eigenvalue weighted by Crippen LogP contribution is 2.29. The molecule has 18 heavy (non-hydrogen) atoms. The average Bonchev–Trinajstić information content (AvgIpc) is 2.71. The van der Waals surface area contributed by atoms with Crippen molar-refractivity contribution in [2.24, 2.45) is 5.73 Å². The van der Waals surface area contributed by atoms with Crippen molar-refractivity contribution in [3.8, 4) is 0 Å².